The summed E-state index contributed by atoms with van der Waals surface area (Å²) in [5.74, 6) is 0.720. The fourth-order valence-electron chi connectivity index (χ4n) is 3.74. The van der Waals surface area contributed by atoms with E-state index in [1.54, 1.807) is 6.20 Å². The molecule has 2 N–H and O–H groups in total. The van der Waals surface area contributed by atoms with Crippen LogP contribution in [0.2, 0.25) is 0 Å². The lowest BCUT2D eigenvalue weighted by Crippen LogP contribution is -2.48. The summed E-state index contributed by atoms with van der Waals surface area (Å²) in [6.07, 6.45) is 6.40. The number of pyridine rings is 1. The maximum atomic E-state index is 12.8. The molecule has 1 aromatic heterocycles. The minimum atomic E-state index is -0.179. The maximum absolute atomic E-state index is 12.8. The number of carbonyl (C=O) groups excluding carboxylic acids is 1. The van der Waals surface area contributed by atoms with Crippen molar-refractivity contribution in [3.63, 3.8) is 0 Å². The topological polar surface area (TPSA) is 54.0 Å². The summed E-state index contributed by atoms with van der Waals surface area (Å²) in [5, 5.41) is 6.61. The van der Waals surface area contributed by atoms with Gasteiger partial charge < -0.3 is 10.6 Å². The van der Waals surface area contributed by atoms with Gasteiger partial charge in [-0.1, -0.05) is 18.9 Å². The van der Waals surface area contributed by atoms with E-state index in [1.807, 2.05) is 25.1 Å². The van der Waals surface area contributed by atoms with E-state index in [9.17, 15) is 4.79 Å². The number of nitrogens with one attached hydrogen (secondary N) is 2. The quantitative estimate of drug-likeness (QED) is 0.885. The third-order valence-electron chi connectivity index (χ3n) is 4.97. The van der Waals surface area contributed by atoms with Gasteiger partial charge in [0.1, 0.15) is 0 Å². The minimum absolute atomic E-state index is 0. The third kappa shape index (κ3) is 3.55. The van der Waals surface area contributed by atoms with E-state index in [0.717, 1.165) is 25.2 Å². The van der Waals surface area contributed by atoms with Gasteiger partial charge in [-0.05, 0) is 44.4 Å². The molecule has 1 aliphatic heterocycles. The molecule has 1 unspecified atom stereocenters. The molecule has 1 saturated heterocycles. The molecular weight excluding hydrogens is 321 g/mol. The number of fused-ring (bicyclic) bond motifs is 1. The first-order chi connectivity index (χ1) is 9.72. The summed E-state index contributed by atoms with van der Waals surface area (Å²) >= 11 is 0. The van der Waals surface area contributed by atoms with Crippen LogP contribution in [0.3, 0.4) is 0 Å². The molecule has 3 atom stereocenters. The van der Waals surface area contributed by atoms with Crippen molar-refractivity contribution >= 4 is 30.7 Å². The summed E-state index contributed by atoms with van der Waals surface area (Å²) in [5.41, 5.74) is 0.747. The second-order valence-corrected chi connectivity index (χ2v) is 6.18. The van der Waals surface area contributed by atoms with Crippen molar-refractivity contribution in [2.45, 2.75) is 38.6 Å². The standard InChI is InChI=1S/C16H23N3O.2ClH/c1-12(14-7-3-5-9-18-14)19-15(20)16-8-4-2-6-13(16)10-17-11-16;;/h3,5,7,9,12-13,17H,2,4,6,8,10-11H2,1H3,(H,19,20);2*1H/t12?,13-,16+;;/m0../s1. The highest BCUT2D eigenvalue weighted by molar-refractivity contribution is 5.85. The fourth-order valence-corrected chi connectivity index (χ4v) is 3.74. The molecule has 0 spiro atoms. The molecule has 1 saturated carbocycles. The Morgan fingerprint density at radius 2 is 2.23 bits per heavy atom. The van der Waals surface area contributed by atoms with Crippen LogP contribution in [0.4, 0.5) is 0 Å². The molecule has 1 aromatic rings. The first-order valence-corrected chi connectivity index (χ1v) is 7.65. The molecule has 6 heteroatoms. The molecule has 2 fully saturated rings. The molecule has 2 aliphatic rings. The average molecular weight is 346 g/mol. The van der Waals surface area contributed by atoms with Crippen molar-refractivity contribution in [1.82, 2.24) is 15.6 Å². The molecule has 0 bridgehead atoms. The molecule has 4 nitrogen and oxygen atoms in total. The number of aromatic nitrogens is 1. The lowest BCUT2D eigenvalue weighted by Gasteiger charge is -2.37. The molecule has 3 rings (SSSR count). The van der Waals surface area contributed by atoms with Crippen LogP contribution in [0.15, 0.2) is 24.4 Å². The van der Waals surface area contributed by atoms with Crippen LogP contribution in [-0.4, -0.2) is 24.0 Å². The highest BCUT2D eigenvalue weighted by Crippen LogP contribution is 2.44. The van der Waals surface area contributed by atoms with Crippen LogP contribution >= 0.6 is 24.8 Å². The first kappa shape index (κ1) is 19.2. The molecule has 0 radical (unpaired) electrons. The molecule has 0 aromatic carbocycles. The number of carbonyl (C=O) groups is 1. The second-order valence-electron chi connectivity index (χ2n) is 6.18. The van der Waals surface area contributed by atoms with Crippen molar-refractivity contribution in [1.29, 1.82) is 0 Å². The van der Waals surface area contributed by atoms with E-state index >= 15 is 0 Å². The Bertz CT molecular complexity index is 486. The molecular formula is C16H25Cl2N3O. The Balaban J connectivity index is 0.00000121. The van der Waals surface area contributed by atoms with Gasteiger partial charge in [-0.2, -0.15) is 0 Å². The van der Waals surface area contributed by atoms with Crippen LogP contribution in [0.25, 0.3) is 0 Å². The number of hydrogen-bond donors (Lipinski definition) is 2. The molecule has 124 valence electrons. The highest BCUT2D eigenvalue weighted by atomic mass is 35.5. The zero-order valence-electron chi connectivity index (χ0n) is 12.9. The number of rotatable bonds is 3. The molecule has 1 aliphatic carbocycles. The van der Waals surface area contributed by atoms with Gasteiger partial charge in [-0.25, -0.2) is 0 Å². The van der Waals surface area contributed by atoms with Gasteiger partial charge in [-0.3, -0.25) is 9.78 Å². The van der Waals surface area contributed by atoms with E-state index < -0.39 is 0 Å². The minimum Gasteiger partial charge on any atom is -0.347 e. The van der Waals surface area contributed by atoms with E-state index in [2.05, 4.69) is 15.6 Å². The smallest absolute Gasteiger partial charge is 0.228 e. The van der Waals surface area contributed by atoms with Gasteiger partial charge in [-0.15, -0.1) is 24.8 Å². The zero-order valence-corrected chi connectivity index (χ0v) is 14.5. The SMILES string of the molecule is CC(NC(=O)[C@@]12CCCC[C@H]1CNC2)c1ccccn1.Cl.Cl. The van der Waals surface area contributed by atoms with Crippen molar-refractivity contribution < 1.29 is 4.79 Å². The van der Waals surface area contributed by atoms with E-state index in [0.29, 0.717) is 5.92 Å². The monoisotopic (exact) mass is 345 g/mol. The van der Waals surface area contributed by atoms with Crippen LogP contribution in [0.5, 0.6) is 0 Å². The predicted molar refractivity (Wildman–Crippen MR) is 92.6 cm³/mol. The summed E-state index contributed by atoms with van der Waals surface area (Å²) in [6.45, 7) is 3.83. The molecule has 22 heavy (non-hydrogen) atoms. The van der Waals surface area contributed by atoms with Crippen LogP contribution < -0.4 is 10.6 Å². The van der Waals surface area contributed by atoms with Crippen LogP contribution in [-0.2, 0) is 4.79 Å². The lowest BCUT2D eigenvalue weighted by atomic mass is 9.67. The second kappa shape index (κ2) is 8.14. The summed E-state index contributed by atoms with van der Waals surface area (Å²) in [4.78, 5) is 17.1. The van der Waals surface area contributed by atoms with Gasteiger partial charge in [0.05, 0.1) is 17.2 Å². The van der Waals surface area contributed by atoms with E-state index in [1.165, 1.54) is 19.3 Å². The molecule has 1 amide bonds. The van der Waals surface area contributed by atoms with Gasteiger partial charge in [0, 0.05) is 12.7 Å². The Hall–Kier alpha value is -0.840. The summed E-state index contributed by atoms with van der Waals surface area (Å²) in [6, 6.07) is 5.80. The van der Waals surface area contributed by atoms with Gasteiger partial charge in [0.25, 0.3) is 0 Å². The highest BCUT2D eigenvalue weighted by Gasteiger charge is 2.49. The van der Waals surface area contributed by atoms with E-state index in [4.69, 9.17) is 0 Å². The van der Waals surface area contributed by atoms with Crippen LogP contribution in [0.1, 0.15) is 44.3 Å². The van der Waals surface area contributed by atoms with Crippen LogP contribution in [0, 0.1) is 11.3 Å². The normalized spacial score (nSPS) is 27.8. The van der Waals surface area contributed by atoms with Gasteiger partial charge in [0.15, 0.2) is 0 Å². The van der Waals surface area contributed by atoms with Gasteiger partial charge >= 0.3 is 0 Å². The largest absolute Gasteiger partial charge is 0.347 e. The Morgan fingerprint density at radius 1 is 1.41 bits per heavy atom. The summed E-state index contributed by atoms with van der Waals surface area (Å²) in [7, 11) is 0. The van der Waals surface area contributed by atoms with Crippen molar-refractivity contribution in [3.8, 4) is 0 Å². The maximum Gasteiger partial charge on any atom is 0.228 e. The van der Waals surface area contributed by atoms with Crippen molar-refractivity contribution in [2.75, 3.05) is 13.1 Å². The van der Waals surface area contributed by atoms with Crippen molar-refractivity contribution in [3.05, 3.63) is 30.1 Å². The third-order valence-corrected chi connectivity index (χ3v) is 4.97. The average Bonchev–Trinajstić information content (AvgIpc) is 2.93. The lowest BCUT2D eigenvalue weighted by molar-refractivity contribution is -0.134. The Kier molecular flexibility index (Phi) is 7.10. The first-order valence-electron chi connectivity index (χ1n) is 7.65. The number of amides is 1. The number of halogens is 2. The number of hydrogen-bond acceptors (Lipinski definition) is 3. The van der Waals surface area contributed by atoms with E-state index in [-0.39, 0.29) is 42.2 Å². The zero-order chi connectivity index (χ0) is 14.0. The predicted octanol–water partition coefficient (Wildman–Crippen LogP) is 2.88. The summed E-state index contributed by atoms with van der Waals surface area (Å²) < 4.78 is 0. The molecule has 2 heterocycles. The number of nitrogens with zero attached hydrogens (tertiary/aromatic N) is 1. The van der Waals surface area contributed by atoms with Crippen molar-refractivity contribution in [2.24, 2.45) is 11.3 Å². The fraction of sp³-hybridized carbons (Fsp3) is 0.625. The van der Waals surface area contributed by atoms with Gasteiger partial charge in [0.2, 0.25) is 5.91 Å². The Labute approximate surface area is 144 Å². The Morgan fingerprint density at radius 3 is 2.95 bits per heavy atom.